The van der Waals surface area contributed by atoms with Crippen LogP contribution in [-0.4, -0.2) is 42.7 Å². The number of carbonyl (C=O) groups excluding carboxylic acids is 1. The molecule has 6 nitrogen and oxygen atoms in total. The van der Waals surface area contributed by atoms with Crippen LogP contribution in [0.1, 0.15) is 35.6 Å². The molecule has 0 radical (unpaired) electrons. The normalized spacial score (nSPS) is 13.8. The molecule has 1 N–H and O–H groups in total. The number of nitrogens with zero attached hydrogens (tertiary/aromatic N) is 3. The van der Waals surface area contributed by atoms with E-state index >= 15 is 0 Å². The van der Waals surface area contributed by atoms with Gasteiger partial charge >= 0.3 is 5.97 Å². The zero-order valence-corrected chi connectivity index (χ0v) is 11.7. The highest BCUT2D eigenvalue weighted by molar-refractivity contribution is 5.89. The van der Waals surface area contributed by atoms with Gasteiger partial charge in [0.15, 0.2) is 5.69 Å². The standard InChI is InChI=1S/C13H20N4O2/c1-4-17(5-2)13-15-10-6-7-14-8-9(10)11(16-13)12(18)19-3/h14H,4-8H2,1-3H3. The molecule has 0 bridgehead atoms. The second-order valence-electron chi connectivity index (χ2n) is 4.39. The second kappa shape index (κ2) is 5.97. The highest BCUT2D eigenvalue weighted by Gasteiger charge is 2.23. The number of hydrogen-bond donors (Lipinski definition) is 1. The molecule has 2 heterocycles. The summed E-state index contributed by atoms with van der Waals surface area (Å²) in [5.74, 6) is 0.224. The molecule has 0 aliphatic carbocycles. The number of esters is 1. The zero-order chi connectivity index (χ0) is 13.8. The largest absolute Gasteiger partial charge is 0.464 e. The van der Waals surface area contributed by atoms with Crippen molar-refractivity contribution in [3.63, 3.8) is 0 Å². The number of aromatic nitrogens is 2. The number of ether oxygens (including phenoxy) is 1. The van der Waals surface area contributed by atoms with Gasteiger partial charge in [-0.1, -0.05) is 0 Å². The van der Waals surface area contributed by atoms with E-state index in [4.69, 9.17) is 4.74 Å². The van der Waals surface area contributed by atoms with E-state index in [1.807, 2.05) is 18.7 Å². The van der Waals surface area contributed by atoms with Crippen molar-refractivity contribution >= 4 is 11.9 Å². The molecule has 0 amide bonds. The molecule has 0 aromatic carbocycles. The number of nitrogens with one attached hydrogen (secondary N) is 1. The molecule has 0 saturated carbocycles. The fourth-order valence-electron chi connectivity index (χ4n) is 2.24. The van der Waals surface area contributed by atoms with E-state index in [9.17, 15) is 4.79 Å². The first-order chi connectivity index (χ1) is 9.21. The lowest BCUT2D eigenvalue weighted by atomic mass is 10.1. The smallest absolute Gasteiger partial charge is 0.357 e. The average Bonchev–Trinajstić information content (AvgIpc) is 2.47. The molecular formula is C13H20N4O2. The van der Waals surface area contributed by atoms with Crippen LogP contribution in [-0.2, 0) is 17.7 Å². The molecule has 1 aliphatic rings. The minimum absolute atomic E-state index is 0.390. The maximum absolute atomic E-state index is 11.9. The lowest BCUT2D eigenvalue weighted by Crippen LogP contribution is -2.31. The summed E-state index contributed by atoms with van der Waals surface area (Å²) in [6, 6.07) is 0. The van der Waals surface area contributed by atoms with E-state index in [-0.39, 0.29) is 0 Å². The predicted molar refractivity (Wildman–Crippen MR) is 72.3 cm³/mol. The van der Waals surface area contributed by atoms with E-state index in [2.05, 4.69) is 15.3 Å². The molecule has 0 saturated heterocycles. The van der Waals surface area contributed by atoms with Crippen LogP contribution in [0.3, 0.4) is 0 Å². The summed E-state index contributed by atoms with van der Waals surface area (Å²) in [7, 11) is 1.38. The van der Waals surface area contributed by atoms with Gasteiger partial charge < -0.3 is 15.0 Å². The summed E-state index contributed by atoms with van der Waals surface area (Å²) >= 11 is 0. The summed E-state index contributed by atoms with van der Waals surface area (Å²) in [5, 5.41) is 3.24. The molecule has 0 atom stereocenters. The zero-order valence-electron chi connectivity index (χ0n) is 11.7. The van der Waals surface area contributed by atoms with Gasteiger partial charge in [0.1, 0.15) is 0 Å². The topological polar surface area (TPSA) is 67.4 Å². The van der Waals surface area contributed by atoms with Crippen molar-refractivity contribution in [1.29, 1.82) is 0 Å². The Bertz CT molecular complexity index is 472. The van der Waals surface area contributed by atoms with Crippen molar-refractivity contribution in [2.24, 2.45) is 0 Å². The van der Waals surface area contributed by atoms with Crippen LogP contribution in [0.4, 0.5) is 5.95 Å². The molecule has 1 aromatic heterocycles. The number of fused-ring (bicyclic) bond motifs is 1. The van der Waals surface area contributed by atoms with E-state index < -0.39 is 5.97 Å². The Balaban J connectivity index is 2.50. The SMILES string of the molecule is CCN(CC)c1nc2c(c(C(=O)OC)n1)CNCC2. The van der Waals surface area contributed by atoms with E-state index in [0.717, 1.165) is 37.3 Å². The fraction of sp³-hybridized carbons (Fsp3) is 0.615. The minimum atomic E-state index is -0.393. The number of hydrogen-bond acceptors (Lipinski definition) is 6. The minimum Gasteiger partial charge on any atom is -0.464 e. The van der Waals surface area contributed by atoms with Crippen LogP contribution in [0.15, 0.2) is 0 Å². The highest BCUT2D eigenvalue weighted by Crippen LogP contribution is 2.20. The summed E-state index contributed by atoms with van der Waals surface area (Å²) < 4.78 is 4.83. The third-order valence-electron chi connectivity index (χ3n) is 3.35. The van der Waals surface area contributed by atoms with Gasteiger partial charge in [-0.2, -0.15) is 0 Å². The Morgan fingerprint density at radius 2 is 2.11 bits per heavy atom. The van der Waals surface area contributed by atoms with Crippen LogP contribution in [0.2, 0.25) is 0 Å². The van der Waals surface area contributed by atoms with E-state index in [0.29, 0.717) is 18.2 Å². The van der Waals surface area contributed by atoms with Crippen LogP contribution >= 0.6 is 0 Å². The van der Waals surface area contributed by atoms with Gasteiger partial charge in [0.2, 0.25) is 5.95 Å². The quantitative estimate of drug-likeness (QED) is 0.810. The highest BCUT2D eigenvalue weighted by atomic mass is 16.5. The van der Waals surface area contributed by atoms with Crippen LogP contribution in [0.25, 0.3) is 0 Å². The molecule has 0 spiro atoms. The monoisotopic (exact) mass is 264 g/mol. The first-order valence-electron chi connectivity index (χ1n) is 6.65. The third kappa shape index (κ3) is 2.68. The molecule has 0 unspecified atom stereocenters. The molecule has 1 aromatic rings. The predicted octanol–water partition coefficient (Wildman–Crippen LogP) is 0.755. The van der Waals surface area contributed by atoms with E-state index in [1.54, 1.807) is 0 Å². The Morgan fingerprint density at radius 1 is 1.37 bits per heavy atom. The first kappa shape index (κ1) is 13.7. The van der Waals surface area contributed by atoms with Crippen LogP contribution in [0, 0.1) is 0 Å². The van der Waals surface area contributed by atoms with Crippen molar-refractivity contribution in [2.45, 2.75) is 26.8 Å². The lowest BCUT2D eigenvalue weighted by Gasteiger charge is -2.23. The van der Waals surface area contributed by atoms with Crippen molar-refractivity contribution in [2.75, 3.05) is 31.6 Å². The Hall–Kier alpha value is -1.69. The number of rotatable bonds is 4. The van der Waals surface area contributed by atoms with Crippen LogP contribution in [0.5, 0.6) is 0 Å². The average molecular weight is 264 g/mol. The van der Waals surface area contributed by atoms with Crippen molar-refractivity contribution in [3.8, 4) is 0 Å². The van der Waals surface area contributed by atoms with Gasteiger partial charge in [0.05, 0.1) is 12.8 Å². The Labute approximate surface area is 113 Å². The van der Waals surface area contributed by atoms with Gasteiger partial charge in [-0.25, -0.2) is 14.8 Å². The Kier molecular flexibility index (Phi) is 4.31. The number of methoxy groups -OCH3 is 1. The van der Waals surface area contributed by atoms with Gasteiger partial charge in [-0.05, 0) is 13.8 Å². The lowest BCUT2D eigenvalue weighted by molar-refractivity contribution is 0.0592. The third-order valence-corrected chi connectivity index (χ3v) is 3.35. The summed E-state index contributed by atoms with van der Waals surface area (Å²) in [4.78, 5) is 22.9. The molecule has 2 rings (SSSR count). The van der Waals surface area contributed by atoms with Crippen molar-refractivity contribution in [1.82, 2.24) is 15.3 Å². The maximum Gasteiger partial charge on any atom is 0.357 e. The van der Waals surface area contributed by atoms with Crippen molar-refractivity contribution in [3.05, 3.63) is 17.0 Å². The van der Waals surface area contributed by atoms with Crippen molar-refractivity contribution < 1.29 is 9.53 Å². The van der Waals surface area contributed by atoms with E-state index in [1.165, 1.54) is 7.11 Å². The van der Waals surface area contributed by atoms with Gasteiger partial charge in [0, 0.05) is 38.2 Å². The Morgan fingerprint density at radius 3 is 2.74 bits per heavy atom. The van der Waals surface area contributed by atoms with Gasteiger partial charge in [0.25, 0.3) is 0 Å². The summed E-state index contributed by atoms with van der Waals surface area (Å²) in [5.41, 5.74) is 2.21. The molecular weight excluding hydrogens is 244 g/mol. The van der Waals surface area contributed by atoms with Gasteiger partial charge in [-0.15, -0.1) is 0 Å². The summed E-state index contributed by atoms with van der Waals surface area (Å²) in [6.45, 7) is 7.22. The molecule has 104 valence electrons. The molecule has 19 heavy (non-hydrogen) atoms. The first-order valence-corrected chi connectivity index (χ1v) is 6.65. The van der Waals surface area contributed by atoms with Gasteiger partial charge in [-0.3, -0.25) is 0 Å². The molecule has 0 fully saturated rings. The molecule has 1 aliphatic heterocycles. The number of carbonyl (C=O) groups is 1. The maximum atomic E-state index is 11.9. The van der Waals surface area contributed by atoms with Crippen LogP contribution < -0.4 is 10.2 Å². The number of anilines is 1. The fourth-order valence-corrected chi connectivity index (χ4v) is 2.24. The second-order valence-corrected chi connectivity index (χ2v) is 4.39. The molecule has 6 heteroatoms. The summed E-state index contributed by atoms with van der Waals surface area (Å²) in [6.07, 6.45) is 0.816.